The molecule has 0 atom stereocenters. The second kappa shape index (κ2) is 4.10. The summed E-state index contributed by atoms with van der Waals surface area (Å²) in [6.45, 7) is 4.65. The van der Waals surface area contributed by atoms with E-state index in [0.29, 0.717) is 13.1 Å². The van der Waals surface area contributed by atoms with Gasteiger partial charge in [0.05, 0.1) is 25.0 Å². The molecular formula is C13H12N4O. The van der Waals surface area contributed by atoms with Gasteiger partial charge in [0.2, 0.25) is 0 Å². The third kappa shape index (κ3) is 1.60. The van der Waals surface area contributed by atoms with Gasteiger partial charge in [-0.2, -0.15) is 0 Å². The first-order valence-electron chi connectivity index (χ1n) is 5.69. The van der Waals surface area contributed by atoms with E-state index in [1.807, 2.05) is 28.9 Å². The monoisotopic (exact) mass is 240 g/mol. The Labute approximate surface area is 104 Å². The fourth-order valence-electron chi connectivity index (χ4n) is 2.16. The summed E-state index contributed by atoms with van der Waals surface area (Å²) in [7, 11) is 0. The molecule has 90 valence electrons. The standard InChI is InChI=1S/C13H12N4O/c1-2-13(18)16-9-11-7-14-15-17(11)8-10-5-3-4-6-12(10)16/h2-7H,1,8-9H2. The van der Waals surface area contributed by atoms with Crippen molar-refractivity contribution in [3.8, 4) is 0 Å². The summed E-state index contributed by atoms with van der Waals surface area (Å²) in [4.78, 5) is 13.7. The number of rotatable bonds is 1. The molecule has 2 heterocycles. The van der Waals surface area contributed by atoms with Gasteiger partial charge in [-0.3, -0.25) is 4.79 Å². The summed E-state index contributed by atoms with van der Waals surface area (Å²) < 4.78 is 1.81. The molecule has 1 aromatic heterocycles. The molecule has 0 saturated heterocycles. The van der Waals surface area contributed by atoms with E-state index in [4.69, 9.17) is 0 Å². The first-order valence-corrected chi connectivity index (χ1v) is 5.69. The van der Waals surface area contributed by atoms with Crippen LogP contribution in [0, 0.1) is 0 Å². The second-order valence-electron chi connectivity index (χ2n) is 4.14. The zero-order valence-corrected chi connectivity index (χ0v) is 9.78. The Balaban J connectivity index is 2.15. The van der Waals surface area contributed by atoms with Gasteiger partial charge in [-0.25, -0.2) is 4.68 Å². The average Bonchev–Trinajstić information content (AvgIpc) is 2.77. The molecule has 0 N–H and O–H groups in total. The van der Waals surface area contributed by atoms with Crippen LogP contribution < -0.4 is 4.90 Å². The lowest BCUT2D eigenvalue weighted by Gasteiger charge is -2.20. The van der Waals surface area contributed by atoms with Crippen LogP contribution in [0.3, 0.4) is 0 Å². The molecule has 0 radical (unpaired) electrons. The summed E-state index contributed by atoms with van der Waals surface area (Å²) >= 11 is 0. The quantitative estimate of drug-likeness (QED) is 0.707. The van der Waals surface area contributed by atoms with Gasteiger partial charge in [0, 0.05) is 5.69 Å². The van der Waals surface area contributed by atoms with Crippen molar-refractivity contribution in [2.24, 2.45) is 0 Å². The zero-order valence-electron chi connectivity index (χ0n) is 9.78. The number of hydrogen-bond donors (Lipinski definition) is 0. The molecule has 3 rings (SSSR count). The maximum atomic E-state index is 12.0. The topological polar surface area (TPSA) is 51.0 Å². The van der Waals surface area contributed by atoms with Crippen LogP contribution in [0.5, 0.6) is 0 Å². The van der Waals surface area contributed by atoms with Crippen molar-refractivity contribution >= 4 is 11.6 Å². The van der Waals surface area contributed by atoms with Crippen LogP contribution in [0.15, 0.2) is 43.1 Å². The van der Waals surface area contributed by atoms with Crippen LogP contribution in [-0.2, 0) is 17.9 Å². The first kappa shape index (κ1) is 10.7. The Bertz CT molecular complexity index is 617. The van der Waals surface area contributed by atoms with Crippen molar-refractivity contribution < 1.29 is 4.79 Å². The summed E-state index contributed by atoms with van der Waals surface area (Å²) in [5.74, 6) is -0.114. The Morgan fingerprint density at radius 2 is 2.17 bits per heavy atom. The number of amides is 1. The zero-order chi connectivity index (χ0) is 12.5. The van der Waals surface area contributed by atoms with E-state index in [1.165, 1.54) is 6.08 Å². The lowest BCUT2D eigenvalue weighted by Crippen LogP contribution is -2.28. The van der Waals surface area contributed by atoms with Gasteiger partial charge < -0.3 is 4.90 Å². The van der Waals surface area contributed by atoms with Crippen molar-refractivity contribution in [2.45, 2.75) is 13.1 Å². The highest BCUT2D eigenvalue weighted by molar-refractivity contribution is 6.01. The molecule has 1 aliphatic rings. The molecule has 18 heavy (non-hydrogen) atoms. The number of aromatic nitrogens is 3. The molecule has 0 unspecified atom stereocenters. The number of carbonyl (C=O) groups is 1. The minimum Gasteiger partial charge on any atom is -0.303 e. The summed E-state index contributed by atoms with van der Waals surface area (Å²) in [5.41, 5.74) is 2.88. The molecule has 0 spiro atoms. The number of para-hydroxylation sites is 1. The van der Waals surface area contributed by atoms with E-state index in [-0.39, 0.29) is 5.91 Å². The van der Waals surface area contributed by atoms with Crippen LogP contribution in [0.2, 0.25) is 0 Å². The number of anilines is 1. The molecule has 5 nitrogen and oxygen atoms in total. The van der Waals surface area contributed by atoms with Crippen molar-refractivity contribution in [1.29, 1.82) is 0 Å². The Hall–Kier alpha value is -2.43. The third-order valence-corrected chi connectivity index (χ3v) is 3.06. The molecule has 5 heteroatoms. The lowest BCUT2D eigenvalue weighted by atomic mass is 10.1. The fraction of sp³-hybridized carbons (Fsp3) is 0.154. The van der Waals surface area contributed by atoms with Gasteiger partial charge in [0.25, 0.3) is 5.91 Å². The van der Waals surface area contributed by atoms with Crippen molar-refractivity contribution in [3.63, 3.8) is 0 Å². The van der Waals surface area contributed by atoms with Gasteiger partial charge in [0.15, 0.2) is 0 Å². The molecule has 2 aromatic rings. The van der Waals surface area contributed by atoms with Crippen molar-refractivity contribution in [3.05, 3.63) is 54.4 Å². The summed E-state index contributed by atoms with van der Waals surface area (Å²) in [6, 6.07) is 7.82. The van der Waals surface area contributed by atoms with E-state index in [0.717, 1.165) is 16.9 Å². The molecule has 1 amide bonds. The largest absolute Gasteiger partial charge is 0.303 e. The molecule has 1 aliphatic heterocycles. The van der Waals surface area contributed by atoms with Gasteiger partial charge in [-0.15, -0.1) is 5.10 Å². The highest BCUT2D eigenvalue weighted by Gasteiger charge is 2.22. The molecule has 1 aromatic carbocycles. The predicted octanol–water partition coefficient (Wildman–Crippen LogP) is 1.36. The van der Waals surface area contributed by atoms with Gasteiger partial charge in [-0.1, -0.05) is 30.0 Å². The number of benzene rings is 1. The molecule has 0 saturated carbocycles. The maximum absolute atomic E-state index is 12.0. The second-order valence-corrected chi connectivity index (χ2v) is 4.14. The van der Waals surface area contributed by atoms with E-state index >= 15 is 0 Å². The number of fused-ring (bicyclic) bond motifs is 2. The Kier molecular flexibility index (Phi) is 2.44. The third-order valence-electron chi connectivity index (χ3n) is 3.06. The fourth-order valence-corrected chi connectivity index (χ4v) is 2.16. The Morgan fingerprint density at radius 3 is 3.00 bits per heavy atom. The van der Waals surface area contributed by atoms with E-state index < -0.39 is 0 Å². The maximum Gasteiger partial charge on any atom is 0.250 e. The van der Waals surface area contributed by atoms with Crippen molar-refractivity contribution in [2.75, 3.05) is 4.90 Å². The van der Waals surface area contributed by atoms with Crippen LogP contribution in [0.25, 0.3) is 0 Å². The highest BCUT2D eigenvalue weighted by atomic mass is 16.2. The van der Waals surface area contributed by atoms with Crippen LogP contribution in [-0.4, -0.2) is 20.9 Å². The van der Waals surface area contributed by atoms with E-state index in [9.17, 15) is 4.79 Å². The van der Waals surface area contributed by atoms with Crippen molar-refractivity contribution in [1.82, 2.24) is 15.0 Å². The smallest absolute Gasteiger partial charge is 0.250 e. The van der Waals surface area contributed by atoms with E-state index in [1.54, 1.807) is 11.1 Å². The molecular weight excluding hydrogens is 228 g/mol. The Morgan fingerprint density at radius 1 is 1.33 bits per heavy atom. The first-order chi connectivity index (χ1) is 8.79. The van der Waals surface area contributed by atoms with Crippen LogP contribution in [0.4, 0.5) is 5.69 Å². The van der Waals surface area contributed by atoms with Gasteiger partial charge in [-0.05, 0) is 17.7 Å². The highest BCUT2D eigenvalue weighted by Crippen LogP contribution is 2.26. The predicted molar refractivity (Wildman–Crippen MR) is 67.0 cm³/mol. The number of nitrogens with zero attached hydrogens (tertiary/aromatic N) is 4. The van der Waals surface area contributed by atoms with Crippen LogP contribution >= 0.6 is 0 Å². The SMILES string of the molecule is C=CC(=O)N1Cc2cnnn2Cc2ccccc21. The molecule has 0 bridgehead atoms. The molecule has 0 aliphatic carbocycles. The minimum atomic E-state index is -0.114. The number of carbonyl (C=O) groups excluding carboxylic acids is 1. The van der Waals surface area contributed by atoms with Gasteiger partial charge in [0.1, 0.15) is 0 Å². The average molecular weight is 240 g/mol. The summed E-state index contributed by atoms with van der Waals surface area (Å²) in [6.07, 6.45) is 3.02. The van der Waals surface area contributed by atoms with Gasteiger partial charge >= 0.3 is 0 Å². The summed E-state index contributed by atoms with van der Waals surface area (Å²) in [5, 5.41) is 7.93. The lowest BCUT2D eigenvalue weighted by molar-refractivity contribution is -0.114. The van der Waals surface area contributed by atoms with Crippen LogP contribution in [0.1, 0.15) is 11.3 Å². The normalized spacial score (nSPS) is 13.4. The minimum absolute atomic E-state index is 0.114. The number of hydrogen-bond acceptors (Lipinski definition) is 3. The van der Waals surface area contributed by atoms with E-state index in [2.05, 4.69) is 16.9 Å². The molecule has 0 fully saturated rings.